The predicted octanol–water partition coefficient (Wildman–Crippen LogP) is 0.489. The van der Waals surface area contributed by atoms with Crippen molar-refractivity contribution in [2.45, 2.75) is 5.75 Å². The molecule has 7 nitrogen and oxygen atoms in total. The van der Waals surface area contributed by atoms with Crippen molar-refractivity contribution >= 4 is 26.4 Å². The molecule has 22 heavy (non-hydrogen) atoms. The van der Waals surface area contributed by atoms with E-state index in [-0.39, 0.29) is 5.56 Å². The van der Waals surface area contributed by atoms with Gasteiger partial charge in [0.2, 0.25) is 0 Å². The molecule has 11 heteroatoms. The lowest BCUT2D eigenvalue weighted by Crippen LogP contribution is -2.43. The molecule has 1 aliphatic heterocycles. The Balaban J connectivity index is 2.38. The van der Waals surface area contributed by atoms with Crippen LogP contribution in [0.1, 0.15) is 5.56 Å². The molecule has 0 spiro atoms. The van der Waals surface area contributed by atoms with Crippen LogP contribution in [0.3, 0.4) is 0 Å². The number of rotatable bonds is 5. The predicted molar refractivity (Wildman–Crippen MR) is 75.9 cm³/mol. The Hall–Kier alpha value is -1.46. The molecule has 1 aromatic carbocycles. The third kappa shape index (κ3) is 5.39. The molecular formula is C11H14F2N2O5S2. The zero-order chi connectivity index (χ0) is 16.4. The fourth-order valence-electron chi connectivity index (χ4n) is 2.19. The third-order valence-corrected chi connectivity index (χ3v) is 4.04. The van der Waals surface area contributed by atoms with Crippen LogP contribution in [0.5, 0.6) is 5.75 Å². The molecule has 0 amide bonds. The smallest absolute Gasteiger partial charge is 0.369 e. The number of hydrogen-bond acceptors (Lipinski definition) is 7. The maximum atomic E-state index is 12.8. The molecule has 1 aromatic rings. The van der Waals surface area contributed by atoms with E-state index in [1.807, 2.05) is 4.90 Å². The summed E-state index contributed by atoms with van der Waals surface area (Å²) >= 11 is 0. The Morgan fingerprint density at radius 1 is 1.09 bits per heavy atom. The lowest BCUT2D eigenvalue weighted by Gasteiger charge is -2.30. The topological polar surface area (TPSA) is 92.8 Å². The summed E-state index contributed by atoms with van der Waals surface area (Å²) in [6.45, 7) is 2.49. The molecule has 1 heterocycles. The minimum absolute atomic E-state index is 0.0304. The fraction of sp³-hybridized carbons (Fsp3) is 0.455. The van der Waals surface area contributed by atoms with Gasteiger partial charge in [-0.2, -0.15) is 16.8 Å². The summed E-state index contributed by atoms with van der Waals surface area (Å²) in [5.41, 5.74) is 0.401. The summed E-state index contributed by atoms with van der Waals surface area (Å²) in [6, 6.07) is 3.64. The van der Waals surface area contributed by atoms with Crippen LogP contribution in [0, 0.1) is 0 Å². The van der Waals surface area contributed by atoms with Gasteiger partial charge >= 0.3 is 20.7 Å². The highest BCUT2D eigenvalue weighted by molar-refractivity contribution is 7.85. The zero-order valence-electron chi connectivity index (χ0n) is 11.3. The zero-order valence-corrected chi connectivity index (χ0v) is 13.0. The molecule has 0 unspecified atom stereocenters. The molecular weight excluding hydrogens is 342 g/mol. The van der Waals surface area contributed by atoms with Crippen LogP contribution >= 0.6 is 0 Å². The van der Waals surface area contributed by atoms with Gasteiger partial charge in [-0.25, -0.2) is 0 Å². The van der Waals surface area contributed by atoms with Gasteiger partial charge in [-0.3, -0.25) is 0 Å². The van der Waals surface area contributed by atoms with E-state index in [0.717, 1.165) is 6.07 Å². The molecule has 1 aliphatic rings. The van der Waals surface area contributed by atoms with Crippen molar-refractivity contribution in [1.82, 2.24) is 5.32 Å². The summed E-state index contributed by atoms with van der Waals surface area (Å²) in [5, 5.41) is 3.11. The normalized spacial score (nSPS) is 16.5. The number of benzene rings is 1. The number of piperazine rings is 1. The molecule has 0 radical (unpaired) electrons. The van der Waals surface area contributed by atoms with Gasteiger partial charge in [0.25, 0.3) is 0 Å². The Bertz CT molecular complexity index is 693. The largest absolute Gasteiger partial charge is 0.488 e. The lowest BCUT2D eigenvalue weighted by molar-refractivity contribution is 0.440. The van der Waals surface area contributed by atoms with Crippen LogP contribution in [0.25, 0.3) is 0 Å². The Morgan fingerprint density at radius 2 is 1.73 bits per heavy atom. The summed E-state index contributed by atoms with van der Waals surface area (Å²) < 4.78 is 72.3. The quantitative estimate of drug-likeness (QED) is 0.768. The fourth-order valence-corrected chi connectivity index (χ4v) is 3.09. The molecule has 0 saturated carbocycles. The molecule has 1 fully saturated rings. The molecule has 0 aliphatic carbocycles. The third-order valence-electron chi connectivity index (χ3n) is 2.97. The van der Waals surface area contributed by atoms with Gasteiger partial charge in [0.15, 0.2) is 0 Å². The Labute approximate surface area is 127 Å². The van der Waals surface area contributed by atoms with E-state index in [1.54, 1.807) is 0 Å². The van der Waals surface area contributed by atoms with Gasteiger partial charge in [-0.15, -0.1) is 3.89 Å². The van der Waals surface area contributed by atoms with Gasteiger partial charge in [-0.05, 0) is 17.7 Å². The van der Waals surface area contributed by atoms with Crippen molar-refractivity contribution in [2.24, 2.45) is 0 Å². The van der Waals surface area contributed by atoms with E-state index in [1.165, 1.54) is 12.1 Å². The first kappa shape index (κ1) is 16.9. The van der Waals surface area contributed by atoms with Crippen LogP contribution in [0.4, 0.5) is 13.5 Å². The SMILES string of the molecule is O=S(=O)(F)Cc1cc(OS(=O)(=O)F)cc(N2CCNCC2)c1. The van der Waals surface area contributed by atoms with Crippen molar-refractivity contribution < 1.29 is 28.8 Å². The second-order valence-electron chi connectivity index (χ2n) is 4.73. The molecule has 1 N–H and O–H groups in total. The van der Waals surface area contributed by atoms with Gasteiger partial charge in [0.1, 0.15) is 11.5 Å². The maximum Gasteiger partial charge on any atom is 0.488 e. The van der Waals surface area contributed by atoms with Gasteiger partial charge in [0, 0.05) is 37.9 Å². The first-order chi connectivity index (χ1) is 10.1. The van der Waals surface area contributed by atoms with Crippen molar-refractivity contribution in [3.8, 4) is 5.75 Å². The van der Waals surface area contributed by atoms with Crippen molar-refractivity contribution in [1.29, 1.82) is 0 Å². The van der Waals surface area contributed by atoms with Crippen LogP contribution < -0.4 is 14.4 Å². The second kappa shape index (κ2) is 6.34. The van der Waals surface area contributed by atoms with E-state index in [2.05, 4.69) is 9.50 Å². The minimum Gasteiger partial charge on any atom is -0.369 e. The maximum absolute atomic E-state index is 12.8. The monoisotopic (exact) mass is 356 g/mol. The van der Waals surface area contributed by atoms with E-state index in [9.17, 15) is 24.6 Å². The molecule has 0 aromatic heterocycles. The summed E-state index contributed by atoms with van der Waals surface area (Å²) in [6.07, 6.45) is 0. The summed E-state index contributed by atoms with van der Waals surface area (Å²) in [4.78, 5) is 1.82. The van der Waals surface area contributed by atoms with Gasteiger partial charge < -0.3 is 14.4 Å². The van der Waals surface area contributed by atoms with E-state index in [0.29, 0.717) is 31.9 Å². The van der Waals surface area contributed by atoms with E-state index < -0.39 is 32.2 Å². The lowest BCUT2D eigenvalue weighted by atomic mass is 10.2. The van der Waals surface area contributed by atoms with Crippen molar-refractivity contribution in [2.75, 3.05) is 31.1 Å². The molecule has 1 saturated heterocycles. The number of halogens is 2. The average molecular weight is 356 g/mol. The number of hydrogen-bond donors (Lipinski definition) is 1. The Morgan fingerprint density at radius 3 is 2.27 bits per heavy atom. The van der Waals surface area contributed by atoms with Gasteiger partial charge in [-0.1, -0.05) is 3.89 Å². The number of nitrogens with zero attached hydrogens (tertiary/aromatic N) is 1. The van der Waals surface area contributed by atoms with Crippen LogP contribution in [-0.4, -0.2) is 43.0 Å². The Kier molecular flexibility index (Phi) is 4.87. The average Bonchev–Trinajstić information content (AvgIpc) is 2.35. The van der Waals surface area contributed by atoms with Crippen LogP contribution in [0.2, 0.25) is 0 Å². The number of nitrogens with one attached hydrogen (secondary N) is 1. The van der Waals surface area contributed by atoms with Crippen LogP contribution in [-0.2, 0) is 26.5 Å². The highest BCUT2D eigenvalue weighted by atomic mass is 32.3. The first-order valence-corrected chi connectivity index (χ1v) is 9.14. The van der Waals surface area contributed by atoms with Gasteiger partial charge in [0.05, 0.1) is 0 Å². The molecule has 0 bridgehead atoms. The molecule has 0 atom stereocenters. The highest BCUT2D eigenvalue weighted by Crippen LogP contribution is 2.27. The summed E-state index contributed by atoms with van der Waals surface area (Å²) in [5.74, 6) is -1.35. The summed E-state index contributed by atoms with van der Waals surface area (Å²) in [7, 11) is -10.1. The van der Waals surface area contributed by atoms with E-state index in [4.69, 9.17) is 0 Å². The molecule has 124 valence electrons. The van der Waals surface area contributed by atoms with Crippen molar-refractivity contribution in [3.05, 3.63) is 23.8 Å². The highest BCUT2D eigenvalue weighted by Gasteiger charge is 2.18. The number of anilines is 1. The van der Waals surface area contributed by atoms with Crippen LogP contribution in [0.15, 0.2) is 18.2 Å². The molecule has 2 rings (SSSR count). The standard InChI is InChI=1S/C11H14F2N2O5S2/c12-21(16,17)8-9-5-10(15-3-1-14-2-4-15)7-11(6-9)20-22(13,18)19/h5-7,14H,1-4,8H2. The first-order valence-electron chi connectivity index (χ1n) is 6.28. The van der Waals surface area contributed by atoms with Crippen molar-refractivity contribution in [3.63, 3.8) is 0 Å². The minimum atomic E-state index is -5.26. The van der Waals surface area contributed by atoms with E-state index >= 15 is 0 Å². The second-order valence-corrected chi connectivity index (χ2v) is 7.05.